The van der Waals surface area contributed by atoms with Gasteiger partial charge >= 0.3 is 0 Å². The van der Waals surface area contributed by atoms with E-state index < -0.39 is 0 Å². The monoisotopic (exact) mass is 306 g/mol. The van der Waals surface area contributed by atoms with Crippen molar-refractivity contribution < 1.29 is 14.0 Å². The lowest BCUT2D eigenvalue weighted by molar-refractivity contribution is 0.0894. The van der Waals surface area contributed by atoms with Crippen LogP contribution in [0.15, 0.2) is 9.41 Å². The summed E-state index contributed by atoms with van der Waals surface area (Å²) in [5.74, 6) is 1.51. The lowest BCUT2D eigenvalue weighted by Gasteiger charge is -2.27. The van der Waals surface area contributed by atoms with E-state index in [9.17, 15) is 9.59 Å². The standard InChI is InChI=1S/C15H18N2O3S/c1-8-11-9(18)6-15(2,3)7-10(11)20-12(8)13(19)17-14-16-4-5-21-14/h4-7H2,1-3H3,(H,16,17,19). The molecule has 0 saturated carbocycles. The van der Waals surface area contributed by atoms with E-state index in [1.165, 1.54) is 11.8 Å². The molecule has 0 spiro atoms. The van der Waals surface area contributed by atoms with Gasteiger partial charge in [0.1, 0.15) is 5.76 Å². The van der Waals surface area contributed by atoms with Gasteiger partial charge in [-0.3, -0.25) is 19.9 Å². The first-order valence-corrected chi connectivity index (χ1v) is 8.00. The Morgan fingerprint density at radius 3 is 2.81 bits per heavy atom. The zero-order valence-corrected chi connectivity index (χ0v) is 13.2. The van der Waals surface area contributed by atoms with Crippen molar-refractivity contribution in [2.24, 2.45) is 10.4 Å². The van der Waals surface area contributed by atoms with Gasteiger partial charge in [-0.2, -0.15) is 0 Å². The van der Waals surface area contributed by atoms with Crippen molar-refractivity contribution >= 4 is 28.6 Å². The number of furan rings is 1. The van der Waals surface area contributed by atoms with Crippen molar-refractivity contribution in [1.82, 2.24) is 5.32 Å². The molecule has 6 heteroatoms. The quantitative estimate of drug-likeness (QED) is 0.865. The largest absolute Gasteiger partial charge is 0.455 e. The molecule has 1 aliphatic carbocycles. The summed E-state index contributed by atoms with van der Waals surface area (Å²) >= 11 is 1.52. The molecule has 0 bridgehead atoms. The highest BCUT2D eigenvalue weighted by Gasteiger charge is 2.37. The number of fused-ring (bicyclic) bond motifs is 1. The Labute approximate surface area is 127 Å². The number of thioether (sulfide) groups is 1. The summed E-state index contributed by atoms with van der Waals surface area (Å²) in [7, 11) is 0. The molecule has 0 atom stereocenters. The number of Topliss-reactive ketones (excluding diaryl/α,β-unsaturated/α-hetero) is 1. The number of hydrogen-bond donors (Lipinski definition) is 1. The minimum Gasteiger partial charge on any atom is -0.455 e. The average molecular weight is 306 g/mol. The molecule has 1 aromatic heterocycles. The van der Waals surface area contributed by atoms with E-state index in [4.69, 9.17) is 4.42 Å². The van der Waals surface area contributed by atoms with Crippen LogP contribution >= 0.6 is 11.8 Å². The van der Waals surface area contributed by atoms with Crippen LogP contribution < -0.4 is 5.32 Å². The minimum atomic E-state index is -0.319. The highest BCUT2D eigenvalue weighted by atomic mass is 32.2. The van der Waals surface area contributed by atoms with Crippen molar-refractivity contribution in [3.05, 3.63) is 22.6 Å². The van der Waals surface area contributed by atoms with Gasteiger partial charge in [0.25, 0.3) is 5.91 Å². The molecule has 5 nitrogen and oxygen atoms in total. The fourth-order valence-corrected chi connectivity index (χ4v) is 3.59. The first-order valence-electron chi connectivity index (χ1n) is 7.01. The zero-order valence-electron chi connectivity index (χ0n) is 12.4. The number of amides is 1. The number of carbonyl (C=O) groups is 2. The molecule has 1 amide bonds. The topological polar surface area (TPSA) is 71.7 Å². The maximum Gasteiger partial charge on any atom is 0.293 e. The van der Waals surface area contributed by atoms with Crippen molar-refractivity contribution in [1.29, 1.82) is 0 Å². The van der Waals surface area contributed by atoms with Crippen LogP contribution in [-0.2, 0) is 6.42 Å². The van der Waals surface area contributed by atoms with Crippen molar-refractivity contribution in [3.8, 4) is 0 Å². The predicted molar refractivity (Wildman–Crippen MR) is 82.1 cm³/mol. The SMILES string of the molecule is Cc1c(C(=O)NC2=NCCS2)oc2c1C(=O)CC(C)(C)C2. The molecule has 1 aliphatic heterocycles. The highest BCUT2D eigenvalue weighted by molar-refractivity contribution is 8.14. The number of carbonyl (C=O) groups excluding carboxylic acids is 2. The average Bonchev–Trinajstić information content (AvgIpc) is 2.95. The van der Waals surface area contributed by atoms with Gasteiger partial charge in [0.2, 0.25) is 0 Å². The molecular weight excluding hydrogens is 288 g/mol. The third kappa shape index (κ3) is 2.64. The van der Waals surface area contributed by atoms with Crippen molar-refractivity contribution in [3.63, 3.8) is 0 Å². The Kier molecular flexibility index (Phi) is 3.43. The Bertz CT molecular complexity index is 658. The smallest absolute Gasteiger partial charge is 0.293 e. The Hall–Kier alpha value is -1.56. The molecule has 21 heavy (non-hydrogen) atoms. The predicted octanol–water partition coefficient (Wildman–Crippen LogP) is 2.58. The molecule has 0 radical (unpaired) electrons. The summed E-state index contributed by atoms with van der Waals surface area (Å²) < 4.78 is 5.72. The molecule has 1 N–H and O–H groups in total. The number of ketones is 1. The van der Waals surface area contributed by atoms with E-state index >= 15 is 0 Å². The van der Waals surface area contributed by atoms with Crippen LogP contribution in [0.1, 0.15) is 52.5 Å². The maximum absolute atomic E-state index is 12.3. The molecule has 3 rings (SSSR count). The Morgan fingerprint density at radius 1 is 1.38 bits per heavy atom. The lowest BCUT2D eigenvalue weighted by atomic mass is 9.76. The fourth-order valence-electron chi connectivity index (χ4n) is 2.86. The van der Waals surface area contributed by atoms with Crippen LogP contribution in [0, 0.1) is 12.3 Å². The molecule has 0 saturated heterocycles. The summed E-state index contributed by atoms with van der Waals surface area (Å²) in [5.41, 5.74) is 1.13. The first-order chi connectivity index (χ1) is 9.87. The molecule has 2 heterocycles. The molecule has 0 unspecified atom stereocenters. The number of nitrogens with zero attached hydrogens (tertiary/aromatic N) is 1. The van der Waals surface area contributed by atoms with Gasteiger partial charge in [-0.1, -0.05) is 25.6 Å². The van der Waals surface area contributed by atoms with E-state index in [1.54, 1.807) is 6.92 Å². The van der Waals surface area contributed by atoms with Crippen LogP contribution in [-0.4, -0.2) is 29.2 Å². The molecule has 2 aliphatic rings. The lowest BCUT2D eigenvalue weighted by Crippen LogP contribution is -2.27. The van der Waals surface area contributed by atoms with Gasteiger partial charge in [-0.25, -0.2) is 0 Å². The van der Waals surface area contributed by atoms with Crippen molar-refractivity contribution in [2.75, 3.05) is 12.3 Å². The summed E-state index contributed by atoms with van der Waals surface area (Å²) in [6, 6.07) is 0. The second kappa shape index (κ2) is 5.02. The third-order valence-electron chi connectivity index (χ3n) is 3.79. The summed E-state index contributed by atoms with van der Waals surface area (Å²) in [6.07, 6.45) is 1.17. The first kappa shape index (κ1) is 14.4. The molecule has 0 aromatic carbocycles. The fraction of sp³-hybridized carbons (Fsp3) is 0.533. The van der Waals surface area contributed by atoms with Crippen LogP contribution in [0.4, 0.5) is 0 Å². The number of amidine groups is 1. The Balaban J connectivity index is 1.91. The molecule has 0 fully saturated rings. The van der Waals surface area contributed by atoms with Gasteiger partial charge in [-0.05, 0) is 12.3 Å². The van der Waals surface area contributed by atoms with E-state index in [0.717, 1.165) is 12.3 Å². The van der Waals surface area contributed by atoms with Gasteiger partial charge < -0.3 is 4.42 Å². The van der Waals surface area contributed by atoms with Gasteiger partial charge in [0.15, 0.2) is 16.7 Å². The minimum absolute atomic E-state index is 0.0640. The summed E-state index contributed by atoms with van der Waals surface area (Å²) in [5, 5.41) is 3.38. The summed E-state index contributed by atoms with van der Waals surface area (Å²) in [6.45, 7) is 6.57. The molecular formula is C15H18N2O3S. The van der Waals surface area contributed by atoms with E-state index in [-0.39, 0.29) is 22.9 Å². The van der Waals surface area contributed by atoms with Crippen LogP contribution in [0.2, 0.25) is 0 Å². The van der Waals surface area contributed by atoms with E-state index in [0.29, 0.717) is 34.9 Å². The van der Waals surface area contributed by atoms with Crippen LogP contribution in [0.3, 0.4) is 0 Å². The number of aliphatic imine (C=N–C) groups is 1. The zero-order chi connectivity index (χ0) is 15.2. The molecule has 112 valence electrons. The normalized spacial score (nSPS) is 20.1. The van der Waals surface area contributed by atoms with Gasteiger partial charge in [0.05, 0.1) is 12.1 Å². The number of rotatable bonds is 1. The van der Waals surface area contributed by atoms with Crippen molar-refractivity contribution in [2.45, 2.75) is 33.6 Å². The van der Waals surface area contributed by atoms with E-state index in [1.807, 2.05) is 13.8 Å². The van der Waals surface area contributed by atoms with E-state index in [2.05, 4.69) is 10.3 Å². The second-order valence-corrected chi connectivity index (χ2v) is 7.37. The van der Waals surface area contributed by atoms with Gasteiger partial charge in [0, 0.05) is 24.2 Å². The Morgan fingerprint density at radius 2 is 2.14 bits per heavy atom. The van der Waals surface area contributed by atoms with Crippen LogP contribution in [0.25, 0.3) is 0 Å². The summed E-state index contributed by atoms with van der Waals surface area (Å²) in [4.78, 5) is 28.8. The van der Waals surface area contributed by atoms with Gasteiger partial charge in [-0.15, -0.1) is 0 Å². The second-order valence-electron chi connectivity index (χ2n) is 6.28. The third-order valence-corrected chi connectivity index (χ3v) is 4.68. The van der Waals surface area contributed by atoms with Crippen LogP contribution in [0.5, 0.6) is 0 Å². The number of hydrogen-bond acceptors (Lipinski definition) is 5. The highest BCUT2D eigenvalue weighted by Crippen LogP contribution is 2.38. The molecule has 1 aromatic rings. The maximum atomic E-state index is 12.3. The number of nitrogens with one attached hydrogen (secondary N) is 1.